The van der Waals surface area contributed by atoms with E-state index in [2.05, 4.69) is 210 Å². The number of anilines is 2. The predicted octanol–water partition coefficient (Wildman–Crippen LogP) is 14.6. The topological polar surface area (TPSA) is 8.17 Å². The summed E-state index contributed by atoms with van der Waals surface area (Å²) < 4.78 is 2.69. The molecule has 3 heteroatoms. The normalized spacial score (nSPS) is 17.8. The molecule has 2 aliphatic heterocycles. The Balaban J connectivity index is 1.41. The fourth-order valence-corrected chi connectivity index (χ4v) is 12.3. The minimum absolute atomic E-state index is 0.00797. The van der Waals surface area contributed by atoms with Gasteiger partial charge in [-0.1, -0.05) is 158 Å². The van der Waals surface area contributed by atoms with Gasteiger partial charge >= 0.3 is 6.85 Å². The molecule has 0 amide bonds. The molecule has 6 aromatic carbocycles. The first kappa shape index (κ1) is 39.8. The molecule has 0 radical (unpaired) electrons. The van der Waals surface area contributed by atoms with Crippen LogP contribution in [0, 0.1) is 0 Å². The van der Waals surface area contributed by atoms with Crippen molar-refractivity contribution in [1.29, 1.82) is 0 Å². The molecule has 0 spiro atoms. The van der Waals surface area contributed by atoms with Crippen molar-refractivity contribution in [2.24, 2.45) is 0 Å². The van der Waals surface area contributed by atoms with Gasteiger partial charge < -0.3 is 9.38 Å². The van der Waals surface area contributed by atoms with Crippen molar-refractivity contribution in [3.05, 3.63) is 136 Å². The second kappa shape index (κ2) is 12.2. The zero-order valence-electron chi connectivity index (χ0n) is 40.1. The highest BCUT2D eigenvalue weighted by atomic mass is 15.1. The molecule has 3 heterocycles. The SMILES string of the molecule is CC(C)(C)c1ccc(N2B3c4cc(C(C)(C)C)ccc4-n4c5ccc(C(C)(C)C)cc5c5c6c(c(c3c54)-c3cc4c(cc32)C(C)(C)CCC4(C)C)C(C)(C)c2ccccc2-6)cc1. The van der Waals surface area contributed by atoms with Crippen molar-refractivity contribution < 1.29 is 0 Å². The summed E-state index contributed by atoms with van der Waals surface area (Å²) in [6, 6.07) is 39.3. The van der Waals surface area contributed by atoms with Crippen molar-refractivity contribution in [3.63, 3.8) is 0 Å². The molecular weight excluding hydrogens is 747 g/mol. The van der Waals surface area contributed by atoms with Crippen LogP contribution in [0.25, 0.3) is 49.7 Å². The molecule has 62 heavy (non-hydrogen) atoms. The first-order chi connectivity index (χ1) is 28.9. The number of aromatic nitrogens is 1. The van der Waals surface area contributed by atoms with Crippen LogP contribution in [0.4, 0.5) is 11.4 Å². The van der Waals surface area contributed by atoms with Crippen molar-refractivity contribution in [2.45, 2.75) is 149 Å². The van der Waals surface area contributed by atoms with Gasteiger partial charge in [0, 0.05) is 38.8 Å². The third kappa shape index (κ3) is 5.23. The van der Waals surface area contributed by atoms with Crippen LogP contribution in [0.15, 0.2) is 97.1 Å². The molecule has 0 bridgehead atoms. The van der Waals surface area contributed by atoms with Crippen LogP contribution in [0.1, 0.15) is 156 Å². The lowest BCUT2D eigenvalue weighted by Gasteiger charge is -2.47. The Morgan fingerprint density at radius 1 is 0.532 bits per heavy atom. The maximum absolute atomic E-state index is 2.79. The number of nitrogens with zero attached hydrogens (tertiary/aromatic N) is 2. The Morgan fingerprint density at radius 2 is 1.11 bits per heavy atom. The number of hydrogen-bond acceptors (Lipinski definition) is 1. The van der Waals surface area contributed by atoms with Crippen molar-refractivity contribution >= 4 is 51.0 Å². The summed E-state index contributed by atoms with van der Waals surface area (Å²) in [6.45, 7) is 36.1. The van der Waals surface area contributed by atoms with E-state index < -0.39 is 0 Å². The molecule has 4 aliphatic rings. The van der Waals surface area contributed by atoms with Gasteiger partial charge in [0.2, 0.25) is 0 Å². The monoisotopic (exact) mass is 813 g/mol. The highest BCUT2D eigenvalue weighted by molar-refractivity contribution is 6.94. The minimum Gasteiger partial charge on any atom is -0.376 e. The lowest BCUT2D eigenvalue weighted by molar-refractivity contribution is 0.332. The lowest BCUT2D eigenvalue weighted by atomic mass is 9.42. The summed E-state index contributed by atoms with van der Waals surface area (Å²) in [5.41, 5.74) is 25.1. The average Bonchev–Trinajstić information content (AvgIpc) is 3.66. The van der Waals surface area contributed by atoms with Crippen molar-refractivity contribution in [2.75, 3.05) is 4.81 Å². The van der Waals surface area contributed by atoms with E-state index in [1.54, 1.807) is 0 Å². The van der Waals surface area contributed by atoms with Gasteiger partial charge in [-0.05, 0) is 149 Å². The van der Waals surface area contributed by atoms with Crippen LogP contribution in [0.2, 0.25) is 0 Å². The Morgan fingerprint density at radius 3 is 1.76 bits per heavy atom. The number of rotatable bonds is 1. The fraction of sp³-hybridized carbons (Fsp3) is 0.390. The van der Waals surface area contributed by atoms with Crippen LogP contribution in [0.3, 0.4) is 0 Å². The molecule has 0 N–H and O–H groups in total. The third-order valence-electron chi connectivity index (χ3n) is 16.1. The molecule has 0 saturated heterocycles. The summed E-state index contributed by atoms with van der Waals surface area (Å²) in [6.07, 6.45) is 2.36. The predicted molar refractivity (Wildman–Crippen MR) is 269 cm³/mol. The molecule has 2 aliphatic carbocycles. The standard InChI is InChI=1S/C59H65BN2/c1-54(2,3)34-20-24-37(25-21-34)62-47-33-43-42(57(10,11)28-29-58(43,12)13)32-40(47)50-51-48(38-18-16-17-19-41(38)59(51,14)15)49-39-30-35(55(4,5)6)22-26-45(39)61-46-27-23-36(56(7,8)9)31-44(46)60(62)52(50)53(49)61/h16-27,30-33H,28-29H2,1-15H3. The second-order valence-corrected chi connectivity index (χ2v) is 24.5. The lowest BCUT2D eigenvalue weighted by Crippen LogP contribution is -2.61. The first-order valence-corrected chi connectivity index (χ1v) is 23.4. The van der Waals surface area contributed by atoms with Crippen LogP contribution < -0.4 is 15.7 Å². The van der Waals surface area contributed by atoms with E-state index in [4.69, 9.17) is 0 Å². The Hall–Kier alpha value is -5.02. The van der Waals surface area contributed by atoms with E-state index in [-0.39, 0.29) is 39.3 Å². The molecule has 0 unspecified atom stereocenters. The largest absolute Gasteiger partial charge is 0.376 e. The Labute approximate surface area is 371 Å². The average molecular weight is 813 g/mol. The maximum atomic E-state index is 2.79. The minimum atomic E-state index is -0.224. The molecule has 314 valence electrons. The molecule has 2 nitrogen and oxygen atoms in total. The van der Waals surface area contributed by atoms with E-state index in [0.717, 1.165) is 0 Å². The van der Waals surface area contributed by atoms with Crippen LogP contribution >= 0.6 is 0 Å². The summed E-state index contributed by atoms with van der Waals surface area (Å²) >= 11 is 0. The summed E-state index contributed by atoms with van der Waals surface area (Å²) in [4.78, 5) is 2.79. The van der Waals surface area contributed by atoms with Crippen LogP contribution in [-0.2, 0) is 32.5 Å². The molecule has 0 atom stereocenters. The van der Waals surface area contributed by atoms with E-state index in [0.29, 0.717) is 0 Å². The van der Waals surface area contributed by atoms with Gasteiger partial charge in [0.15, 0.2) is 0 Å². The summed E-state index contributed by atoms with van der Waals surface area (Å²) in [5.74, 6) is 0. The smallest absolute Gasteiger partial charge is 0.333 e. The van der Waals surface area contributed by atoms with Crippen molar-refractivity contribution in [3.8, 4) is 27.9 Å². The van der Waals surface area contributed by atoms with Gasteiger partial charge in [-0.15, -0.1) is 0 Å². The number of benzene rings is 6. The Kier molecular flexibility index (Phi) is 7.81. The molecule has 1 aromatic heterocycles. The zero-order valence-corrected chi connectivity index (χ0v) is 40.1. The van der Waals surface area contributed by atoms with Crippen molar-refractivity contribution in [1.82, 2.24) is 4.57 Å². The fourth-order valence-electron chi connectivity index (χ4n) is 12.3. The quantitative estimate of drug-likeness (QED) is 0.150. The highest BCUT2D eigenvalue weighted by Gasteiger charge is 2.51. The molecule has 0 fully saturated rings. The van der Waals surface area contributed by atoms with Gasteiger partial charge in [0.1, 0.15) is 0 Å². The highest BCUT2D eigenvalue weighted by Crippen LogP contribution is 2.60. The second-order valence-electron chi connectivity index (χ2n) is 24.5. The summed E-state index contributed by atoms with van der Waals surface area (Å²) in [7, 11) is 0. The third-order valence-corrected chi connectivity index (χ3v) is 16.1. The van der Waals surface area contributed by atoms with E-state index in [1.807, 2.05) is 0 Å². The Bertz CT molecular complexity index is 3090. The zero-order chi connectivity index (χ0) is 44.0. The van der Waals surface area contributed by atoms with Crippen LogP contribution in [0.5, 0.6) is 0 Å². The van der Waals surface area contributed by atoms with E-state index in [9.17, 15) is 0 Å². The number of fused-ring (bicyclic) bond motifs is 14. The van der Waals surface area contributed by atoms with Gasteiger partial charge in [-0.2, -0.15) is 0 Å². The van der Waals surface area contributed by atoms with Gasteiger partial charge in [-0.25, -0.2) is 0 Å². The molecular formula is C59H65BN2. The van der Waals surface area contributed by atoms with Crippen LogP contribution in [-0.4, -0.2) is 11.4 Å². The van der Waals surface area contributed by atoms with Gasteiger partial charge in [-0.3, -0.25) is 0 Å². The first-order valence-electron chi connectivity index (χ1n) is 23.4. The molecule has 11 rings (SSSR count). The van der Waals surface area contributed by atoms with Gasteiger partial charge in [0.05, 0.1) is 11.0 Å². The van der Waals surface area contributed by atoms with E-state index >= 15 is 0 Å². The van der Waals surface area contributed by atoms with Gasteiger partial charge in [0.25, 0.3) is 0 Å². The maximum Gasteiger partial charge on any atom is 0.333 e. The molecule has 7 aromatic rings. The summed E-state index contributed by atoms with van der Waals surface area (Å²) in [5, 5.41) is 2.78. The number of hydrogen-bond donors (Lipinski definition) is 0. The van der Waals surface area contributed by atoms with E-state index in [1.165, 1.54) is 124 Å². The molecule has 0 saturated carbocycles.